The van der Waals surface area contributed by atoms with Crippen molar-refractivity contribution in [2.24, 2.45) is 21.1 Å². The second-order valence-electron chi connectivity index (χ2n) is 6.26. The zero-order valence-electron chi connectivity index (χ0n) is 14.8. The van der Waals surface area contributed by atoms with Crippen molar-refractivity contribution in [2.45, 2.75) is 10.9 Å². The number of nitrogens with zero attached hydrogens (tertiary/aromatic N) is 4. The molecular weight excluding hydrogens is 348 g/mol. The predicted octanol–water partition coefficient (Wildman–Crippen LogP) is 2.42. The summed E-state index contributed by atoms with van der Waals surface area (Å²) in [5, 5.41) is 3.13. The van der Waals surface area contributed by atoms with Gasteiger partial charge in [0.1, 0.15) is 0 Å². The van der Waals surface area contributed by atoms with E-state index in [1.165, 1.54) is 28.0 Å². The fraction of sp³-hybridized carbons (Fsp3) is 0.211. The van der Waals surface area contributed by atoms with Crippen LogP contribution in [0.2, 0.25) is 0 Å². The third-order valence-electron chi connectivity index (χ3n) is 4.66. The Balaban J connectivity index is 1.78. The van der Waals surface area contributed by atoms with Crippen LogP contribution >= 0.6 is 11.8 Å². The first-order chi connectivity index (χ1) is 12.5. The lowest BCUT2D eigenvalue weighted by Gasteiger charge is -2.07. The van der Waals surface area contributed by atoms with Crippen LogP contribution in [-0.2, 0) is 26.9 Å². The molecule has 2 aromatic heterocycles. The van der Waals surface area contributed by atoms with Crippen molar-refractivity contribution in [1.82, 2.24) is 18.7 Å². The molecule has 4 aromatic rings. The second kappa shape index (κ2) is 6.17. The Hall–Kier alpha value is -2.80. The highest BCUT2D eigenvalue weighted by Crippen LogP contribution is 2.27. The Morgan fingerprint density at radius 3 is 2.46 bits per heavy atom. The van der Waals surface area contributed by atoms with Gasteiger partial charge >= 0.3 is 5.69 Å². The molecule has 2 heterocycles. The van der Waals surface area contributed by atoms with Crippen molar-refractivity contribution >= 4 is 33.7 Å². The van der Waals surface area contributed by atoms with Gasteiger partial charge in [0.05, 0.1) is 0 Å². The Kier molecular flexibility index (Phi) is 3.96. The fourth-order valence-corrected chi connectivity index (χ4v) is 4.22. The van der Waals surface area contributed by atoms with Crippen LogP contribution < -0.4 is 11.2 Å². The summed E-state index contributed by atoms with van der Waals surface area (Å²) in [5.41, 5.74) is 1.35. The lowest BCUT2D eigenvalue weighted by Crippen LogP contribution is -2.37. The molecule has 0 aliphatic heterocycles. The minimum absolute atomic E-state index is 0.317. The first-order valence-corrected chi connectivity index (χ1v) is 9.19. The second-order valence-corrected chi connectivity index (χ2v) is 7.20. The fourth-order valence-electron chi connectivity index (χ4n) is 3.25. The van der Waals surface area contributed by atoms with Crippen LogP contribution in [0.25, 0.3) is 21.9 Å². The Bertz CT molecular complexity index is 1260. The normalized spacial score (nSPS) is 11.5. The summed E-state index contributed by atoms with van der Waals surface area (Å²) in [7, 11) is 4.96. The first kappa shape index (κ1) is 16.7. The molecule has 6 nitrogen and oxygen atoms in total. The van der Waals surface area contributed by atoms with Crippen LogP contribution in [0.15, 0.2) is 57.2 Å². The number of benzene rings is 2. The number of imidazole rings is 1. The number of aryl methyl sites for hydroxylation is 2. The maximum absolute atomic E-state index is 12.4. The number of hydrogen-bond acceptors (Lipinski definition) is 4. The highest BCUT2D eigenvalue weighted by Gasteiger charge is 2.17. The van der Waals surface area contributed by atoms with Gasteiger partial charge in [-0.2, -0.15) is 0 Å². The summed E-state index contributed by atoms with van der Waals surface area (Å²) in [5.74, 6) is 0.729. The maximum atomic E-state index is 12.4. The minimum Gasteiger partial charge on any atom is -0.308 e. The molecule has 0 aliphatic carbocycles. The van der Waals surface area contributed by atoms with E-state index in [1.807, 2.05) is 29.8 Å². The van der Waals surface area contributed by atoms with Crippen molar-refractivity contribution in [3.8, 4) is 0 Å². The standard InChI is InChI=1S/C19H18N4O2S/c1-21-16-15(17(24)23(3)19(25)22(16)2)20-18(21)26-11-13-9-6-8-12-7-4-5-10-14(12)13/h4-10H,11H2,1-3H3. The van der Waals surface area contributed by atoms with Gasteiger partial charge in [0.15, 0.2) is 16.3 Å². The molecule has 0 N–H and O–H groups in total. The zero-order valence-corrected chi connectivity index (χ0v) is 15.6. The lowest BCUT2D eigenvalue weighted by molar-refractivity contribution is 0.690. The van der Waals surface area contributed by atoms with Gasteiger partial charge in [-0.3, -0.25) is 13.9 Å². The molecule has 26 heavy (non-hydrogen) atoms. The largest absolute Gasteiger partial charge is 0.332 e. The van der Waals surface area contributed by atoms with Crippen molar-refractivity contribution in [1.29, 1.82) is 0 Å². The van der Waals surface area contributed by atoms with E-state index in [2.05, 4.69) is 29.2 Å². The average molecular weight is 366 g/mol. The van der Waals surface area contributed by atoms with Crippen molar-refractivity contribution in [2.75, 3.05) is 0 Å². The summed E-state index contributed by atoms with van der Waals surface area (Å²) in [6, 6.07) is 14.5. The van der Waals surface area contributed by atoms with Crippen molar-refractivity contribution in [3.05, 3.63) is 68.9 Å². The summed E-state index contributed by atoms with van der Waals surface area (Å²) in [4.78, 5) is 29.1. The van der Waals surface area contributed by atoms with Crippen LogP contribution in [0.5, 0.6) is 0 Å². The molecule has 0 atom stereocenters. The van der Waals surface area contributed by atoms with Gasteiger partial charge in [-0.25, -0.2) is 9.78 Å². The summed E-state index contributed by atoms with van der Waals surface area (Å²) in [6.45, 7) is 0. The predicted molar refractivity (Wildman–Crippen MR) is 105 cm³/mol. The van der Waals surface area contributed by atoms with Gasteiger partial charge in [-0.05, 0) is 16.3 Å². The van der Waals surface area contributed by atoms with Crippen molar-refractivity contribution in [3.63, 3.8) is 0 Å². The van der Waals surface area contributed by atoms with Gasteiger partial charge in [-0.15, -0.1) is 0 Å². The van der Waals surface area contributed by atoms with E-state index in [9.17, 15) is 9.59 Å². The number of thioether (sulfide) groups is 1. The topological polar surface area (TPSA) is 61.8 Å². The maximum Gasteiger partial charge on any atom is 0.332 e. The number of hydrogen-bond donors (Lipinski definition) is 0. The molecule has 0 aliphatic rings. The number of fused-ring (bicyclic) bond motifs is 2. The van der Waals surface area contributed by atoms with Gasteiger partial charge in [0, 0.05) is 26.9 Å². The molecule has 0 bridgehead atoms. The summed E-state index contributed by atoms with van der Waals surface area (Å²) >= 11 is 1.56. The molecule has 7 heteroatoms. The Morgan fingerprint density at radius 2 is 1.65 bits per heavy atom. The summed E-state index contributed by atoms with van der Waals surface area (Å²) < 4.78 is 4.37. The van der Waals surface area contributed by atoms with Gasteiger partial charge in [0.2, 0.25) is 0 Å². The molecule has 0 unspecified atom stereocenters. The monoisotopic (exact) mass is 366 g/mol. The van der Waals surface area contributed by atoms with Gasteiger partial charge in [-0.1, -0.05) is 54.2 Å². The van der Waals surface area contributed by atoms with E-state index in [1.54, 1.807) is 18.8 Å². The van der Waals surface area contributed by atoms with E-state index < -0.39 is 0 Å². The molecule has 132 valence electrons. The van der Waals surface area contributed by atoms with Crippen LogP contribution in [0, 0.1) is 0 Å². The molecule has 2 aromatic carbocycles. The van der Waals surface area contributed by atoms with E-state index >= 15 is 0 Å². The number of rotatable bonds is 3. The molecular formula is C19H18N4O2S. The Labute approximate surface area is 153 Å². The smallest absolute Gasteiger partial charge is 0.308 e. The highest BCUT2D eigenvalue weighted by molar-refractivity contribution is 7.98. The third-order valence-corrected chi connectivity index (χ3v) is 5.74. The molecule has 0 radical (unpaired) electrons. The van der Waals surface area contributed by atoms with E-state index in [4.69, 9.17) is 0 Å². The zero-order chi connectivity index (χ0) is 18.4. The average Bonchev–Trinajstić information content (AvgIpc) is 2.99. The molecule has 0 amide bonds. The van der Waals surface area contributed by atoms with Crippen LogP contribution in [0.1, 0.15) is 5.56 Å². The van der Waals surface area contributed by atoms with Crippen LogP contribution in [-0.4, -0.2) is 18.7 Å². The SMILES string of the molecule is Cn1c(=O)c2nc(SCc3cccc4ccccc34)n(C)c2n(C)c1=O. The molecule has 0 saturated carbocycles. The third kappa shape index (κ3) is 2.47. The lowest BCUT2D eigenvalue weighted by atomic mass is 10.1. The van der Waals surface area contributed by atoms with Crippen LogP contribution in [0.3, 0.4) is 0 Å². The Morgan fingerprint density at radius 1 is 0.923 bits per heavy atom. The van der Waals surface area contributed by atoms with Crippen LogP contribution in [0.4, 0.5) is 0 Å². The van der Waals surface area contributed by atoms with Gasteiger partial charge in [0.25, 0.3) is 5.56 Å². The highest BCUT2D eigenvalue weighted by atomic mass is 32.2. The van der Waals surface area contributed by atoms with E-state index in [-0.39, 0.29) is 11.2 Å². The summed E-state index contributed by atoms with van der Waals surface area (Å²) in [6.07, 6.45) is 0. The quantitative estimate of drug-likeness (QED) is 0.523. The molecule has 4 rings (SSSR count). The molecule has 0 spiro atoms. The minimum atomic E-state index is -0.365. The first-order valence-electron chi connectivity index (χ1n) is 8.21. The van der Waals surface area contributed by atoms with E-state index in [0.717, 1.165) is 10.3 Å². The van der Waals surface area contributed by atoms with Gasteiger partial charge < -0.3 is 4.57 Å². The van der Waals surface area contributed by atoms with Crippen molar-refractivity contribution < 1.29 is 0 Å². The number of aromatic nitrogens is 4. The van der Waals surface area contributed by atoms with E-state index in [0.29, 0.717) is 16.3 Å². The molecule has 0 fully saturated rings. The molecule has 0 saturated heterocycles.